The third-order valence-corrected chi connectivity index (χ3v) is 2.77. The van der Waals surface area contributed by atoms with Crippen LogP contribution >= 0.6 is 15.9 Å². The van der Waals surface area contributed by atoms with Gasteiger partial charge in [-0.1, -0.05) is 0 Å². The number of carbonyl (C=O) groups excluding carboxylic acids is 2. The van der Waals surface area contributed by atoms with Crippen LogP contribution in [0.2, 0.25) is 0 Å². The molecule has 0 aliphatic rings. The van der Waals surface area contributed by atoms with E-state index in [9.17, 15) is 9.59 Å². The molecule has 0 aliphatic carbocycles. The van der Waals surface area contributed by atoms with E-state index in [-0.39, 0.29) is 24.1 Å². The topological polar surface area (TPSA) is 59.8 Å². The molecule has 1 aromatic heterocycles. The number of furan rings is 1. The van der Waals surface area contributed by atoms with E-state index in [1.807, 2.05) is 6.92 Å². The average molecular weight is 318 g/mol. The molecule has 0 radical (unpaired) electrons. The van der Waals surface area contributed by atoms with Gasteiger partial charge in [-0.2, -0.15) is 0 Å². The fourth-order valence-corrected chi connectivity index (χ4v) is 1.75. The summed E-state index contributed by atoms with van der Waals surface area (Å²) in [5, 5.41) is 0. The van der Waals surface area contributed by atoms with E-state index in [4.69, 9.17) is 9.15 Å². The third-order valence-electron chi connectivity index (χ3n) is 2.34. The maximum absolute atomic E-state index is 12.0. The maximum atomic E-state index is 12.0. The zero-order chi connectivity index (χ0) is 13.5. The minimum Gasteiger partial charge on any atom is -0.466 e. The molecule has 1 rings (SSSR count). The summed E-state index contributed by atoms with van der Waals surface area (Å²) in [6, 6.07) is 3.26. The van der Waals surface area contributed by atoms with Gasteiger partial charge in [0, 0.05) is 13.1 Å². The monoisotopic (exact) mass is 317 g/mol. The van der Waals surface area contributed by atoms with Gasteiger partial charge in [-0.3, -0.25) is 9.59 Å². The summed E-state index contributed by atoms with van der Waals surface area (Å²) >= 11 is 3.14. The van der Waals surface area contributed by atoms with Crippen LogP contribution in [0.1, 0.15) is 30.8 Å². The molecule has 0 aromatic carbocycles. The smallest absolute Gasteiger partial charge is 0.307 e. The van der Waals surface area contributed by atoms with Gasteiger partial charge in [-0.05, 0) is 41.9 Å². The van der Waals surface area contributed by atoms with Gasteiger partial charge in [0.2, 0.25) is 0 Å². The Balaban J connectivity index is 2.55. The Morgan fingerprint density at radius 1 is 1.39 bits per heavy atom. The Bertz CT molecular complexity index is 416. The van der Waals surface area contributed by atoms with E-state index >= 15 is 0 Å². The lowest BCUT2D eigenvalue weighted by molar-refractivity contribution is -0.143. The fourth-order valence-electron chi connectivity index (χ4n) is 1.45. The van der Waals surface area contributed by atoms with E-state index in [1.54, 1.807) is 24.0 Å². The molecule has 18 heavy (non-hydrogen) atoms. The zero-order valence-electron chi connectivity index (χ0n) is 10.4. The number of esters is 1. The molecule has 1 heterocycles. The van der Waals surface area contributed by atoms with Crippen LogP contribution in [0.3, 0.4) is 0 Å². The highest BCUT2D eigenvalue weighted by molar-refractivity contribution is 9.10. The van der Waals surface area contributed by atoms with Gasteiger partial charge in [0.15, 0.2) is 10.4 Å². The molecule has 0 spiro atoms. The van der Waals surface area contributed by atoms with Gasteiger partial charge in [0.05, 0.1) is 13.0 Å². The molecule has 0 saturated carbocycles. The molecule has 6 heteroatoms. The Morgan fingerprint density at radius 2 is 2.11 bits per heavy atom. The van der Waals surface area contributed by atoms with Gasteiger partial charge in [0.25, 0.3) is 5.91 Å². The van der Waals surface area contributed by atoms with E-state index in [2.05, 4.69) is 15.9 Å². The van der Waals surface area contributed by atoms with Gasteiger partial charge >= 0.3 is 5.97 Å². The highest BCUT2D eigenvalue weighted by Gasteiger charge is 2.18. The number of ether oxygens (including phenoxy) is 1. The second kappa shape index (κ2) is 7.20. The Labute approximate surface area is 114 Å². The molecular weight excluding hydrogens is 302 g/mol. The second-order valence-electron chi connectivity index (χ2n) is 3.54. The zero-order valence-corrected chi connectivity index (χ0v) is 12.0. The van der Waals surface area contributed by atoms with E-state index < -0.39 is 0 Å². The first-order valence-electron chi connectivity index (χ1n) is 5.78. The lowest BCUT2D eigenvalue weighted by atomic mass is 10.3. The number of hydrogen-bond acceptors (Lipinski definition) is 4. The SMILES string of the molecule is CCOC(=O)CCN(CC)C(=O)c1ccc(Br)o1. The summed E-state index contributed by atoms with van der Waals surface area (Å²) in [6.07, 6.45) is 0.190. The van der Waals surface area contributed by atoms with E-state index in [1.165, 1.54) is 0 Å². The Morgan fingerprint density at radius 3 is 2.61 bits per heavy atom. The largest absolute Gasteiger partial charge is 0.466 e. The third kappa shape index (κ3) is 4.18. The number of amides is 1. The van der Waals surface area contributed by atoms with E-state index in [0.717, 1.165) is 0 Å². The second-order valence-corrected chi connectivity index (χ2v) is 4.33. The van der Waals surface area contributed by atoms with E-state index in [0.29, 0.717) is 24.4 Å². The molecule has 0 unspecified atom stereocenters. The number of halogens is 1. The van der Waals surface area contributed by atoms with Crippen LogP contribution in [0, 0.1) is 0 Å². The van der Waals surface area contributed by atoms with Crippen molar-refractivity contribution in [2.45, 2.75) is 20.3 Å². The highest BCUT2D eigenvalue weighted by atomic mass is 79.9. The van der Waals surface area contributed by atoms with Crippen molar-refractivity contribution in [1.82, 2.24) is 4.90 Å². The Hall–Kier alpha value is -1.30. The summed E-state index contributed by atoms with van der Waals surface area (Å²) < 4.78 is 10.5. The molecule has 0 bridgehead atoms. The predicted molar refractivity (Wildman–Crippen MR) is 69.2 cm³/mol. The molecule has 0 N–H and O–H groups in total. The van der Waals surface area contributed by atoms with Crippen molar-refractivity contribution >= 4 is 27.8 Å². The van der Waals surface area contributed by atoms with Crippen LogP contribution < -0.4 is 0 Å². The summed E-state index contributed by atoms with van der Waals surface area (Å²) in [5.74, 6) is -0.274. The van der Waals surface area contributed by atoms with Crippen molar-refractivity contribution in [3.05, 3.63) is 22.6 Å². The molecule has 5 nitrogen and oxygen atoms in total. The van der Waals surface area contributed by atoms with Crippen molar-refractivity contribution in [2.24, 2.45) is 0 Å². The van der Waals surface area contributed by atoms with Crippen LogP contribution in [-0.4, -0.2) is 36.5 Å². The lowest BCUT2D eigenvalue weighted by Gasteiger charge is -2.18. The molecule has 0 saturated heterocycles. The molecule has 1 amide bonds. The summed E-state index contributed by atoms with van der Waals surface area (Å²) in [5.41, 5.74) is 0. The molecule has 1 aromatic rings. The van der Waals surface area contributed by atoms with Gasteiger partial charge in [-0.15, -0.1) is 0 Å². The average Bonchev–Trinajstić information content (AvgIpc) is 2.76. The van der Waals surface area contributed by atoms with Crippen LogP contribution in [0.4, 0.5) is 0 Å². The van der Waals surface area contributed by atoms with Crippen molar-refractivity contribution in [3.8, 4) is 0 Å². The molecular formula is C12H16BrNO4. The fraction of sp³-hybridized carbons (Fsp3) is 0.500. The minimum absolute atomic E-state index is 0.190. The first-order valence-corrected chi connectivity index (χ1v) is 6.58. The quantitative estimate of drug-likeness (QED) is 0.756. The first kappa shape index (κ1) is 14.8. The van der Waals surface area contributed by atoms with Crippen LogP contribution in [0.25, 0.3) is 0 Å². The normalized spacial score (nSPS) is 10.2. The number of rotatable bonds is 6. The summed E-state index contributed by atoms with van der Waals surface area (Å²) in [7, 11) is 0. The Kier molecular flexibility index (Phi) is 5.91. The number of carbonyl (C=O) groups is 2. The van der Waals surface area contributed by atoms with Gasteiger partial charge < -0.3 is 14.1 Å². The van der Waals surface area contributed by atoms with Crippen LogP contribution in [0.5, 0.6) is 0 Å². The van der Waals surface area contributed by atoms with Crippen molar-refractivity contribution in [1.29, 1.82) is 0 Å². The van der Waals surface area contributed by atoms with Crippen LogP contribution in [-0.2, 0) is 9.53 Å². The van der Waals surface area contributed by atoms with Gasteiger partial charge in [0.1, 0.15) is 0 Å². The first-order chi connectivity index (χ1) is 8.58. The van der Waals surface area contributed by atoms with Crippen molar-refractivity contribution < 1.29 is 18.7 Å². The molecule has 0 fully saturated rings. The number of hydrogen-bond donors (Lipinski definition) is 0. The summed E-state index contributed by atoms with van der Waals surface area (Å²) in [6.45, 7) is 4.79. The van der Waals surface area contributed by atoms with Crippen molar-refractivity contribution in [3.63, 3.8) is 0 Å². The van der Waals surface area contributed by atoms with Crippen molar-refractivity contribution in [2.75, 3.05) is 19.7 Å². The molecule has 0 aliphatic heterocycles. The minimum atomic E-state index is -0.302. The lowest BCUT2D eigenvalue weighted by Crippen LogP contribution is -2.32. The highest BCUT2D eigenvalue weighted by Crippen LogP contribution is 2.15. The molecule has 100 valence electrons. The predicted octanol–water partition coefficient (Wildman–Crippen LogP) is 2.46. The molecule has 0 atom stereocenters. The number of nitrogens with zero attached hydrogens (tertiary/aromatic N) is 1. The maximum Gasteiger partial charge on any atom is 0.307 e. The van der Waals surface area contributed by atoms with Crippen LogP contribution in [0.15, 0.2) is 21.2 Å². The summed E-state index contributed by atoms with van der Waals surface area (Å²) in [4.78, 5) is 24.8. The standard InChI is InChI=1S/C12H16BrNO4/c1-3-14(8-7-11(15)17-4-2)12(16)9-5-6-10(13)18-9/h5-6H,3-4,7-8H2,1-2H3. The van der Waals surface area contributed by atoms with Gasteiger partial charge in [-0.25, -0.2) is 0 Å².